The van der Waals surface area contributed by atoms with E-state index in [1.807, 2.05) is 19.9 Å². The minimum Gasteiger partial charge on any atom is -0.377 e. The summed E-state index contributed by atoms with van der Waals surface area (Å²) in [5, 5.41) is 1.04. The number of nitrogens with zero attached hydrogens (tertiary/aromatic N) is 2. The van der Waals surface area contributed by atoms with E-state index in [0.29, 0.717) is 29.0 Å². The van der Waals surface area contributed by atoms with Gasteiger partial charge >= 0.3 is 0 Å². The second-order valence-corrected chi connectivity index (χ2v) is 5.99. The van der Waals surface area contributed by atoms with Gasteiger partial charge in [-0.1, -0.05) is 23.2 Å². The standard InChI is InChI=1S/C14H17Cl3N2O/c1-9(2)20-6-5-19-13-8-11(17)10(16)7-12(13)18-14(19)3-4-15/h7-9H,3-6H2,1-2H3. The number of fused-ring (bicyclic) bond motifs is 1. The molecule has 1 heterocycles. The van der Waals surface area contributed by atoms with E-state index in [1.165, 1.54) is 0 Å². The van der Waals surface area contributed by atoms with Crippen LogP contribution in [-0.2, 0) is 17.7 Å². The number of hydrogen-bond donors (Lipinski definition) is 0. The normalized spacial score (nSPS) is 11.7. The fourth-order valence-corrected chi connectivity index (χ4v) is 2.56. The molecule has 0 aliphatic rings. The molecule has 6 heteroatoms. The first-order valence-corrected chi connectivity index (χ1v) is 7.83. The van der Waals surface area contributed by atoms with Gasteiger partial charge in [-0.25, -0.2) is 4.98 Å². The summed E-state index contributed by atoms with van der Waals surface area (Å²) in [5.74, 6) is 1.45. The van der Waals surface area contributed by atoms with Crippen molar-refractivity contribution in [1.82, 2.24) is 9.55 Å². The molecule has 0 aliphatic heterocycles. The Morgan fingerprint density at radius 2 is 1.95 bits per heavy atom. The smallest absolute Gasteiger partial charge is 0.111 e. The number of ether oxygens (including phenoxy) is 1. The molecule has 0 saturated heterocycles. The lowest BCUT2D eigenvalue weighted by Crippen LogP contribution is -2.13. The number of aryl methyl sites for hydroxylation is 1. The van der Waals surface area contributed by atoms with E-state index in [9.17, 15) is 0 Å². The zero-order chi connectivity index (χ0) is 14.7. The van der Waals surface area contributed by atoms with Crippen molar-refractivity contribution in [3.8, 4) is 0 Å². The molecule has 0 N–H and O–H groups in total. The number of aromatic nitrogens is 2. The van der Waals surface area contributed by atoms with Crippen LogP contribution in [0.15, 0.2) is 12.1 Å². The number of hydrogen-bond acceptors (Lipinski definition) is 2. The second-order valence-electron chi connectivity index (χ2n) is 4.79. The molecule has 0 amide bonds. The summed E-state index contributed by atoms with van der Waals surface area (Å²) < 4.78 is 7.71. The summed E-state index contributed by atoms with van der Waals surface area (Å²) in [6.07, 6.45) is 0.909. The van der Waals surface area contributed by atoms with E-state index in [4.69, 9.17) is 39.5 Å². The monoisotopic (exact) mass is 334 g/mol. The van der Waals surface area contributed by atoms with Crippen LogP contribution in [0.5, 0.6) is 0 Å². The van der Waals surface area contributed by atoms with Gasteiger partial charge in [0.05, 0.1) is 33.8 Å². The van der Waals surface area contributed by atoms with Crippen LogP contribution in [0.2, 0.25) is 10.0 Å². The zero-order valence-corrected chi connectivity index (χ0v) is 13.8. The Morgan fingerprint density at radius 3 is 2.60 bits per heavy atom. The van der Waals surface area contributed by atoms with Crippen LogP contribution in [0.25, 0.3) is 11.0 Å². The SMILES string of the molecule is CC(C)OCCn1c(CCCl)nc2cc(Cl)c(Cl)cc21. The predicted octanol–water partition coefficient (Wildman–Crippen LogP) is 4.55. The summed E-state index contributed by atoms with van der Waals surface area (Å²) >= 11 is 18.0. The lowest BCUT2D eigenvalue weighted by atomic mass is 10.3. The number of alkyl halides is 1. The minimum atomic E-state index is 0.208. The molecule has 1 aromatic carbocycles. The largest absolute Gasteiger partial charge is 0.377 e. The average molecular weight is 336 g/mol. The number of rotatable bonds is 6. The molecule has 0 atom stereocenters. The van der Waals surface area contributed by atoms with E-state index in [2.05, 4.69) is 9.55 Å². The predicted molar refractivity (Wildman–Crippen MR) is 85.3 cm³/mol. The van der Waals surface area contributed by atoms with Gasteiger partial charge in [0.15, 0.2) is 0 Å². The Hall–Kier alpha value is -0.480. The quantitative estimate of drug-likeness (QED) is 0.724. The number of benzene rings is 1. The van der Waals surface area contributed by atoms with Crippen molar-refractivity contribution in [2.75, 3.05) is 12.5 Å². The van der Waals surface area contributed by atoms with Crippen molar-refractivity contribution in [3.05, 3.63) is 28.0 Å². The van der Waals surface area contributed by atoms with Gasteiger partial charge < -0.3 is 9.30 Å². The Kier molecular flexibility index (Phi) is 5.56. The maximum absolute atomic E-state index is 6.10. The van der Waals surface area contributed by atoms with Gasteiger partial charge in [-0.3, -0.25) is 0 Å². The molecule has 110 valence electrons. The van der Waals surface area contributed by atoms with Crippen molar-refractivity contribution < 1.29 is 4.74 Å². The summed E-state index contributed by atoms with van der Waals surface area (Å²) in [5.41, 5.74) is 1.80. The lowest BCUT2D eigenvalue weighted by molar-refractivity contribution is 0.0729. The van der Waals surface area contributed by atoms with Crippen molar-refractivity contribution >= 4 is 45.8 Å². The molecule has 20 heavy (non-hydrogen) atoms. The first-order valence-electron chi connectivity index (χ1n) is 6.54. The van der Waals surface area contributed by atoms with Crippen LogP contribution in [0.4, 0.5) is 0 Å². The summed E-state index contributed by atoms with van der Waals surface area (Å²) in [6, 6.07) is 3.64. The van der Waals surface area contributed by atoms with Crippen LogP contribution in [0.1, 0.15) is 19.7 Å². The summed E-state index contributed by atoms with van der Waals surface area (Å²) in [7, 11) is 0. The molecular weight excluding hydrogens is 319 g/mol. The Bertz CT molecular complexity index is 596. The third-order valence-electron chi connectivity index (χ3n) is 2.95. The van der Waals surface area contributed by atoms with E-state index < -0.39 is 0 Å². The summed E-state index contributed by atoms with van der Waals surface area (Å²) in [6.45, 7) is 5.38. The van der Waals surface area contributed by atoms with Gasteiger partial charge in [0.25, 0.3) is 0 Å². The highest BCUT2D eigenvalue weighted by Gasteiger charge is 2.13. The second kappa shape index (κ2) is 6.99. The molecule has 0 unspecified atom stereocenters. The van der Waals surface area contributed by atoms with Crippen LogP contribution < -0.4 is 0 Å². The highest BCUT2D eigenvalue weighted by atomic mass is 35.5. The van der Waals surface area contributed by atoms with Gasteiger partial charge in [0.1, 0.15) is 5.82 Å². The molecule has 1 aromatic heterocycles. The first kappa shape index (κ1) is 15.9. The Labute approximate surface area is 133 Å². The fourth-order valence-electron chi connectivity index (χ4n) is 2.07. The number of imidazole rings is 1. The van der Waals surface area contributed by atoms with Crippen molar-refractivity contribution in [3.63, 3.8) is 0 Å². The average Bonchev–Trinajstić information content (AvgIpc) is 2.68. The highest BCUT2D eigenvalue weighted by Crippen LogP contribution is 2.28. The van der Waals surface area contributed by atoms with Crippen molar-refractivity contribution in [2.24, 2.45) is 0 Å². The summed E-state index contributed by atoms with van der Waals surface area (Å²) in [4.78, 5) is 4.58. The van der Waals surface area contributed by atoms with Gasteiger partial charge in [0, 0.05) is 18.8 Å². The molecule has 2 aromatic rings. The molecule has 3 nitrogen and oxygen atoms in total. The van der Waals surface area contributed by atoms with E-state index in [-0.39, 0.29) is 6.10 Å². The van der Waals surface area contributed by atoms with Crippen LogP contribution >= 0.6 is 34.8 Å². The van der Waals surface area contributed by atoms with E-state index >= 15 is 0 Å². The van der Waals surface area contributed by atoms with Gasteiger partial charge in [-0.2, -0.15) is 0 Å². The van der Waals surface area contributed by atoms with Gasteiger partial charge in [-0.05, 0) is 26.0 Å². The molecule has 2 rings (SSSR count). The van der Waals surface area contributed by atoms with Crippen LogP contribution in [-0.4, -0.2) is 28.1 Å². The van der Waals surface area contributed by atoms with E-state index in [1.54, 1.807) is 6.07 Å². The third-order valence-corrected chi connectivity index (χ3v) is 3.86. The number of halogens is 3. The van der Waals surface area contributed by atoms with Gasteiger partial charge in [0.2, 0.25) is 0 Å². The maximum atomic E-state index is 6.10. The molecule has 0 aliphatic carbocycles. The molecule has 0 spiro atoms. The topological polar surface area (TPSA) is 27.1 Å². The van der Waals surface area contributed by atoms with Crippen molar-refractivity contribution in [1.29, 1.82) is 0 Å². The van der Waals surface area contributed by atoms with Crippen LogP contribution in [0.3, 0.4) is 0 Å². The van der Waals surface area contributed by atoms with Crippen LogP contribution in [0, 0.1) is 0 Å². The molecular formula is C14H17Cl3N2O. The lowest BCUT2D eigenvalue weighted by Gasteiger charge is -2.11. The Morgan fingerprint density at radius 1 is 1.25 bits per heavy atom. The zero-order valence-electron chi connectivity index (χ0n) is 11.5. The van der Waals surface area contributed by atoms with Gasteiger partial charge in [-0.15, -0.1) is 11.6 Å². The molecule has 0 bridgehead atoms. The van der Waals surface area contributed by atoms with Crippen molar-refractivity contribution in [2.45, 2.75) is 32.9 Å². The Balaban J connectivity index is 2.37. The minimum absolute atomic E-state index is 0.208. The molecule has 0 fully saturated rings. The van der Waals surface area contributed by atoms with E-state index in [0.717, 1.165) is 23.4 Å². The highest BCUT2D eigenvalue weighted by molar-refractivity contribution is 6.42. The fraction of sp³-hybridized carbons (Fsp3) is 0.500. The maximum Gasteiger partial charge on any atom is 0.111 e. The first-order chi connectivity index (χ1) is 9.52. The molecule has 0 radical (unpaired) electrons. The molecule has 0 saturated carbocycles. The third kappa shape index (κ3) is 3.59.